The minimum Gasteiger partial charge on any atom is -0.346 e. The highest BCUT2D eigenvalue weighted by atomic mass is 35.5. The number of aromatic nitrogens is 2. The van der Waals surface area contributed by atoms with E-state index in [9.17, 15) is 4.79 Å². The Balaban J connectivity index is 0.00000261. The average molecular weight is 393 g/mol. The number of carbonyl (C=O) groups is 1. The van der Waals surface area contributed by atoms with Gasteiger partial charge in [-0.2, -0.15) is 4.98 Å². The van der Waals surface area contributed by atoms with Gasteiger partial charge >= 0.3 is 0 Å². The second kappa shape index (κ2) is 10.4. The Hall–Kier alpha value is -1.92. The Labute approximate surface area is 166 Å². The number of hydrogen-bond donors (Lipinski definition) is 2. The zero-order chi connectivity index (χ0) is 18.4. The molecule has 1 fully saturated rings. The highest BCUT2D eigenvalue weighted by Gasteiger charge is 2.23. The molecule has 7 heteroatoms. The summed E-state index contributed by atoms with van der Waals surface area (Å²) in [5, 5.41) is 10.4. The average Bonchev–Trinajstić information content (AvgIpc) is 3.12. The van der Waals surface area contributed by atoms with Gasteiger partial charge in [-0.3, -0.25) is 4.79 Å². The lowest BCUT2D eigenvalue weighted by atomic mass is 9.84. The number of benzene rings is 1. The van der Waals surface area contributed by atoms with Crippen molar-refractivity contribution in [2.24, 2.45) is 11.8 Å². The smallest absolute Gasteiger partial charge is 0.231 e. The third-order valence-corrected chi connectivity index (χ3v) is 5.14. The van der Waals surface area contributed by atoms with Crippen LogP contribution in [0.1, 0.15) is 56.4 Å². The molecule has 2 N–H and O–H groups in total. The minimum absolute atomic E-state index is 0. The molecule has 0 spiro atoms. The zero-order valence-corrected chi connectivity index (χ0v) is 16.8. The summed E-state index contributed by atoms with van der Waals surface area (Å²) in [5.74, 6) is 2.16. The lowest BCUT2D eigenvalue weighted by Crippen LogP contribution is -2.34. The first-order valence-electron chi connectivity index (χ1n) is 9.48. The fraction of sp³-hybridized carbons (Fsp3) is 0.550. The molecule has 27 heavy (non-hydrogen) atoms. The van der Waals surface area contributed by atoms with Crippen LogP contribution in [0.5, 0.6) is 0 Å². The second-order valence-corrected chi connectivity index (χ2v) is 7.27. The third kappa shape index (κ3) is 6.33. The molecule has 6 nitrogen and oxygen atoms in total. The van der Waals surface area contributed by atoms with Crippen molar-refractivity contribution in [1.29, 1.82) is 0 Å². The molecule has 1 aliphatic rings. The fourth-order valence-corrected chi connectivity index (χ4v) is 3.52. The second-order valence-electron chi connectivity index (χ2n) is 7.27. The Morgan fingerprint density at radius 3 is 2.67 bits per heavy atom. The van der Waals surface area contributed by atoms with Crippen LogP contribution in [0, 0.1) is 11.8 Å². The van der Waals surface area contributed by atoms with Crippen molar-refractivity contribution >= 4 is 18.3 Å². The number of hydrogen-bond acceptors (Lipinski definition) is 5. The molecular weight excluding hydrogens is 364 g/mol. The van der Waals surface area contributed by atoms with E-state index in [1.165, 1.54) is 0 Å². The van der Waals surface area contributed by atoms with Gasteiger partial charge in [-0.05, 0) is 50.3 Å². The maximum atomic E-state index is 12.4. The number of carbonyl (C=O) groups excluding carboxylic acids is 1. The van der Waals surface area contributed by atoms with Gasteiger partial charge < -0.3 is 15.2 Å². The predicted molar refractivity (Wildman–Crippen MR) is 107 cm³/mol. The highest BCUT2D eigenvalue weighted by molar-refractivity contribution is 5.85. The van der Waals surface area contributed by atoms with E-state index in [4.69, 9.17) is 4.52 Å². The van der Waals surface area contributed by atoms with Crippen LogP contribution in [0.25, 0.3) is 0 Å². The largest absolute Gasteiger partial charge is 0.346 e. The Bertz CT molecular complexity index is 701. The van der Waals surface area contributed by atoms with Crippen LogP contribution in [-0.2, 0) is 11.2 Å². The van der Waals surface area contributed by atoms with Gasteiger partial charge in [0, 0.05) is 6.42 Å². The Morgan fingerprint density at radius 1 is 1.26 bits per heavy atom. The van der Waals surface area contributed by atoms with Gasteiger partial charge in [-0.15, -0.1) is 12.4 Å². The van der Waals surface area contributed by atoms with Gasteiger partial charge in [0.05, 0.1) is 12.5 Å². The van der Waals surface area contributed by atoms with Crippen LogP contribution >= 0.6 is 12.4 Å². The Kier molecular flexibility index (Phi) is 8.25. The van der Waals surface area contributed by atoms with Gasteiger partial charge in [0.15, 0.2) is 5.82 Å². The maximum absolute atomic E-state index is 12.4. The molecule has 1 aromatic carbocycles. The molecule has 0 bridgehead atoms. The summed E-state index contributed by atoms with van der Waals surface area (Å²) in [6.45, 7) is 6.18. The van der Waals surface area contributed by atoms with Crippen LogP contribution in [0.2, 0.25) is 0 Å². The topological polar surface area (TPSA) is 80.0 Å². The van der Waals surface area contributed by atoms with Crippen molar-refractivity contribution in [3.05, 3.63) is 47.6 Å². The summed E-state index contributed by atoms with van der Waals surface area (Å²) < 4.78 is 5.33. The highest BCUT2D eigenvalue weighted by Crippen LogP contribution is 2.24. The van der Waals surface area contributed by atoms with Crippen molar-refractivity contribution < 1.29 is 9.32 Å². The van der Waals surface area contributed by atoms with Crippen molar-refractivity contribution in [3.63, 3.8) is 0 Å². The van der Waals surface area contributed by atoms with Gasteiger partial charge in [-0.25, -0.2) is 0 Å². The van der Waals surface area contributed by atoms with E-state index in [0.29, 0.717) is 36.4 Å². The normalized spacial score (nSPS) is 17.0. The number of nitrogens with one attached hydrogen (secondary N) is 2. The fourth-order valence-electron chi connectivity index (χ4n) is 3.52. The summed E-state index contributed by atoms with van der Waals surface area (Å²) in [5.41, 5.74) is 1.12. The lowest BCUT2D eigenvalue weighted by Gasteiger charge is -2.28. The molecule has 2 heterocycles. The van der Waals surface area contributed by atoms with Gasteiger partial charge in [0.1, 0.15) is 0 Å². The van der Waals surface area contributed by atoms with Crippen LogP contribution in [-0.4, -0.2) is 29.1 Å². The van der Waals surface area contributed by atoms with Crippen LogP contribution in [0.3, 0.4) is 0 Å². The molecule has 2 atom stereocenters. The van der Waals surface area contributed by atoms with Gasteiger partial charge in [0.25, 0.3) is 0 Å². The monoisotopic (exact) mass is 392 g/mol. The zero-order valence-electron chi connectivity index (χ0n) is 16.0. The number of nitrogens with zero attached hydrogens (tertiary/aromatic N) is 2. The van der Waals surface area contributed by atoms with Crippen LogP contribution in [0.4, 0.5) is 0 Å². The number of rotatable bonds is 7. The van der Waals surface area contributed by atoms with E-state index in [0.717, 1.165) is 31.5 Å². The molecule has 0 radical (unpaired) electrons. The quantitative estimate of drug-likeness (QED) is 0.755. The Morgan fingerprint density at radius 2 is 1.96 bits per heavy atom. The minimum atomic E-state index is -0.254. The molecule has 2 unspecified atom stereocenters. The summed E-state index contributed by atoms with van der Waals surface area (Å²) in [7, 11) is 0. The summed E-state index contributed by atoms with van der Waals surface area (Å²) in [4.78, 5) is 16.8. The van der Waals surface area contributed by atoms with Crippen molar-refractivity contribution in [2.45, 2.75) is 45.6 Å². The predicted octanol–water partition coefficient (Wildman–Crippen LogP) is 3.29. The van der Waals surface area contributed by atoms with E-state index in [-0.39, 0.29) is 24.4 Å². The van der Waals surface area contributed by atoms with Crippen molar-refractivity contribution in [1.82, 2.24) is 20.8 Å². The molecule has 148 valence electrons. The number of piperidine rings is 1. The standard InChI is InChI=1S/C20H28N4O2.ClH/c1-14(17-8-10-21-11-9-17)12-18(25)22-15(2)20-23-19(26-24-20)13-16-6-4-3-5-7-16;/h3-7,14-15,17,21H,8-13H2,1-2H3,(H,22,25);1H. The molecular formula is C20H29ClN4O2. The number of halogens is 1. The molecule has 1 aromatic heterocycles. The molecule has 0 saturated carbocycles. The molecule has 1 saturated heterocycles. The first-order valence-corrected chi connectivity index (χ1v) is 9.48. The summed E-state index contributed by atoms with van der Waals surface area (Å²) >= 11 is 0. The molecule has 1 amide bonds. The first kappa shape index (κ1) is 21.4. The lowest BCUT2D eigenvalue weighted by molar-refractivity contribution is -0.123. The molecule has 2 aromatic rings. The van der Waals surface area contributed by atoms with Crippen LogP contribution < -0.4 is 10.6 Å². The van der Waals surface area contributed by atoms with E-state index < -0.39 is 0 Å². The SMILES string of the molecule is CC(NC(=O)CC(C)C1CCNCC1)c1noc(Cc2ccccc2)n1.Cl. The van der Waals surface area contributed by atoms with E-state index >= 15 is 0 Å². The molecule has 3 rings (SSSR count). The van der Waals surface area contributed by atoms with Crippen molar-refractivity contribution in [2.75, 3.05) is 13.1 Å². The molecule has 0 aliphatic carbocycles. The van der Waals surface area contributed by atoms with Gasteiger partial charge in [0.2, 0.25) is 11.8 Å². The van der Waals surface area contributed by atoms with E-state index in [2.05, 4.69) is 27.7 Å². The maximum Gasteiger partial charge on any atom is 0.231 e. The van der Waals surface area contributed by atoms with E-state index in [1.807, 2.05) is 37.3 Å². The molecule has 1 aliphatic heterocycles. The van der Waals surface area contributed by atoms with Gasteiger partial charge in [-0.1, -0.05) is 42.4 Å². The summed E-state index contributed by atoms with van der Waals surface area (Å²) in [6, 6.07) is 9.74. The van der Waals surface area contributed by atoms with Crippen molar-refractivity contribution in [3.8, 4) is 0 Å². The first-order chi connectivity index (χ1) is 12.6. The number of amides is 1. The van der Waals surface area contributed by atoms with Crippen LogP contribution in [0.15, 0.2) is 34.9 Å². The summed E-state index contributed by atoms with van der Waals surface area (Å²) in [6.07, 6.45) is 3.44. The van der Waals surface area contributed by atoms with E-state index in [1.54, 1.807) is 0 Å². The third-order valence-electron chi connectivity index (χ3n) is 5.14.